The molecule has 0 aliphatic carbocycles. The van der Waals surface area contributed by atoms with Gasteiger partial charge in [-0.1, -0.05) is 65.1 Å². The van der Waals surface area contributed by atoms with Gasteiger partial charge in [-0.05, 0) is 24.1 Å². The molecule has 0 aliphatic rings. The molecule has 0 amide bonds. The van der Waals surface area contributed by atoms with Crippen LogP contribution in [-0.2, 0) is 5.75 Å². The number of thioether (sulfide) groups is 1. The summed E-state index contributed by atoms with van der Waals surface area (Å²) >= 11 is 17.9. The topological polar surface area (TPSA) is 25.8 Å². The van der Waals surface area contributed by atoms with E-state index in [1.54, 1.807) is 11.8 Å². The highest BCUT2D eigenvalue weighted by atomic mass is 79.9. The largest absolute Gasteiger partial charge is 0.220 e. The van der Waals surface area contributed by atoms with Crippen LogP contribution < -0.4 is 0 Å². The lowest BCUT2D eigenvalue weighted by molar-refractivity contribution is 0.901. The molecule has 0 fully saturated rings. The molecule has 1 aromatic heterocycles. The molecule has 2 nitrogen and oxygen atoms in total. The summed E-state index contributed by atoms with van der Waals surface area (Å²) in [4.78, 5) is 8.76. The maximum absolute atomic E-state index is 6.31. The van der Waals surface area contributed by atoms with Gasteiger partial charge in [0.05, 0.1) is 11.3 Å². The highest BCUT2D eigenvalue weighted by Crippen LogP contribution is 2.34. The highest BCUT2D eigenvalue weighted by Gasteiger charge is 2.14. The average Bonchev–Trinajstić information content (AvgIpc) is 2.44. The Bertz CT molecular complexity index is 614. The maximum Gasteiger partial charge on any atom is 0.142 e. The van der Waals surface area contributed by atoms with Gasteiger partial charge in [-0.2, -0.15) is 11.8 Å². The first kappa shape index (κ1) is 17.1. The van der Waals surface area contributed by atoms with E-state index in [1.807, 2.05) is 24.3 Å². The predicted octanol–water partition coefficient (Wildman–Crippen LogP) is 6.24. The third kappa shape index (κ3) is 4.59. The van der Waals surface area contributed by atoms with E-state index >= 15 is 0 Å². The molecule has 0 saturated heterocycles. The summed E-state index contributed by atoms with van der Waals surface area (Å²) in [6.45, 7) is 4.35. The Hall–Kier alpha value is -0.290. The molecule has 112 valence electrons. The molecule has 0 aliphatic heterocycles. The fourth-order valence-corrected chi connectivity index (χ4v) is 3.57. The maximum atomic E-state index is 6.31. The smallest absolute Gasteiger partial charge is 0.142 e. The van der Waals surface area contributed by atoms with Gasteiger partial charge in [-0.3, -0.25) is 0 Å². The van der Waals surface area contributed by atoms with Crippen molar-refractivity contribution in [3.05, 3.63) is 44.9 Å². The Kier molecular flexibility index (Phi) is 6.35. The van der Waals surface area contributed by atoms with Crippen LogP contribution in [0, 0.1) is 0 Å². The van der Waals surface area contributed by atoms with Crippen LogP contribution in [-0.4, -0.2) is 15.2 Å². The van der Waals surface area contributed by atoms with Crippen LogP contribution in [0.2, 0.25) is 10.3 Å². The molecule has 2 rings (SSSR count). The number of benzene rings is 1. The van der Waals surface area contributed by atoms with Crippen LogP contribution in [0.4, 0.5) is 0 Å². The summed E-state index contributed by atoms with van der Waals surface area (Å²) in [5.41, 5.74) is 1.58. The van der Waals surface area contributed by atoms with Crippen molar-refractivity contribution in [3.63, 3.8) is 0 Å². The number of hydrogen-bond donors (Lipinski definition) is 0. The lowest BCUT2D eigenvalue weighted by atomic mass is 10.1. The van der Waals surface area contributed by atoms with Gasteiger partial charge in [0.2, 0.25) is 0 Å². The lowest BCUT2D eigenvalue weighted by Crippen LogP contribution is -2.00. The molecule has 1 atom stereocenters. The number of nitrogens with zero attached hydrogens (tertiary/aromatic N) is 2. The lowest BCUT2D eigenvalue weighted by Gasteiger charge is -2.10. The minimum Gasteiger partial charge on any atom is -0.220 e. The Labute approximate surface area is 147 Å². The van der Waals surface area contributed by atoms with E-state index in [2.05, 4.69) is 39.7 Å². The summed E-state index contributed by atoms with van der Waals surface area (Å²) < 4.78 is 0.962. The SMILES string of the molecule is CCC(C)SCc1nc(Cl)c(-c2cccc(Br)c2)c(Cl)n1. The Morgan fingerprint density at radius 3 is 2.48 bits per heavy atom. The number of hydrogen-bond acceptors (Lipinski definition) is 3. The zero-order chi connectivity index (χ0) is 15.4. The zero-order valence-electron chi connectivity index (χ0n) is 11.7. The summed E-state index contributed by atoms with van der Waals surface area (Å²) in [6, 6.07) is 7.76. The number of rotatable bonds is 5. The van der Waals surface area contributed by atoms with Crippen LogP contribution in [0.15, 0.2) is 28.7 Å². The van der Waals surface area contributed by atoms with Crippen LogP contribution in [0.5, 0.6) is 0 Å². The van der Waals surface area contributed by atoms with Crippen molar-refractivity contribution in [1.29, 1.82) is 0 Å². The Morgan fingerprint density at radius 1 is 1.24 bits per heavy atom. The highest BCUT2D eigenvalue weighted by molar-refractivity contribution is 9.10. The second-order valence-corrected chi connectivity index (χ2v) is 7.70. The van der Waals surface area contributed by atoms with Gasteiger partial charge in [-0.25, -0.2) is 9.97 Å². The van der Waals surface area contributed by atoms with Gasteiger partial charge in [0, 0.05) is 9.72 Å². The van der Waals surface area contributed by atoms with Gasteiger partial charge in [0.1, 0.15) is 16.1 Å². The van der Waals surface area contributed by atoms with Crippen LogP contribution in [0.3, 0.4) is 0 Å². The van der Waals surface area contributed by atoms with Crippen molar-refractivity contribution in [2.45, 2.75) is 31.3 Å². The Balaban J connectivity index is 2.29. The van der Waals surface area contributed by atoms with Crippen molar-refractivity contribution in [2.24, 2.45) is 0 Å². The molecule has 0 N–H and O–H groups in total. The van der Waals surface area contributed by atoms with Crippen molar-refractivity contribution in [1.82, 2.24) is 9.97 Å². The van der Waals surface area contributed by atoms with E-state index in [0.29, 0.717) is 32.7 Å². The summed E-state index contributed by atoms with van der Waals surface area (Å²) in [6.07, 6.45) is 1.11. The van der Waals surface area contributed by atoms with E-state index in [0.717, 1.165) is 16.5 Å². The standard InChI is InChI=1S/C15H15BrCl2N2S/c1-3-9(2)21-8-12-19-14(17)13(15(18)20-12)10-5-4-6-11(16)7-10/h4-7,9H,3,8H2,1-2H3. The van der Waals surface area contributed by atoms with Crippen molar-refractivity contribution < 1.29 is 0 Å². The average molecular weight is 406 g/mol. The predicted molar refractivity (Wildman–Crippen MR) is 96.2 cm³/mol. The van der Waals surface area contributed by atoms with E-state index in [1.165, 1.54) is 0 Å². The monoisotopic (exact) mass is 404 g/mol. The molecule has 6 heteroatoms. The third-order valence-corrected chi connectivity index (χ3v) is 5.42. The molecule has 1 aromatic carbocycles. The van der Waals surface area contributed by atoms with Gasteiger partial charge >= 0.3 is 0 Å². The van der Waals surface area contributed by atoms with Crippen LogP contribution >= 0.6 is 50.9 Å². The van der Waals surface area contributed by atoms with E-state index in [-0.39, 0.29) is 0 Å². The normalized spacial score (nSPS) is 12.4. The van der Waals surface area contributed by atoms with Crippen molar-refractivity contribution in [2.75, 3.05) is 0 Å². The van der Waals surface area contributed by atoms with Crippen LogP contribution in [0.1, 0.15) is 26.1 Å². The second kappa shape index (κ2) is 7.82. The van der Waals surface area contributed by atoms with E-state index < -0.39 is 0 Å². The minimum atomic E-state index is 0.396. The first-order valence-corrected chi connectivity index (χ1v) is 9.20. The molecule has 0 spiro atoms. The fourth-order valence-electron chi connectivity index (χ4n) is 1.73. The number of aromatic nitrogens is 2. The molecule has 1 heterocycles. The van der Waals surface area contributed by atoms with E-state index in [9.17, 15) is 0 Å². The molecular formula is C15H15BrCl2N2S. The summed E-state index contributed by atoms with van der Waals surface area (Å²) in [7, 11) is 0. The van der Waals surface area contributed by atoms with Gasteiger partial charge < -0.3 is 0 Å². The van der Waals surface area contributed by atoms with Gasteiger partial charge in [0.15, 0.2) is 0 Å². The van der Waals surface area contributed by atoms with Gasteiger partial charge in [-0.15, -0.1) is 0 Å². The number of halogens is 3. The first-order valence-electron chi connectivity index (χ1n) is 6.60. The van der Waals surface area contributed by atoms with Crippen LogP contribution in [0.25, 0.3) is 11.1 Å². The summed E-state index contributed by atoms with van der Waals surface area (Å²) in [5.74, 6) is 1.39. The minimum absolute atomic E-state index is 0.396. The fraction of sp³-hybridized carbons (Fsp3) is 0.333. The molecule has 0 saturated carbocycles. The molecule has 2 aromatic rings. The first-order chi connectivity index (χ1) is 10.0. The molecule has 1 unspecified atom stereocenters. The zero-order valence-corrected chi connectivity index (χ0v) is 15.7. The quantitative estimate of drug-likeness (QED) is 0.550. The van der Waals surface area contributed by atoms with Crippen molar-refractivity contribution >= 4 is 50.9 Å². The Morgan fingerprint density at radius 2 is 1.90 bits per heavy atom. The molecular weight excluding hydrogens is 391 g/mol. The third-order valence-electron chi connectivity index (χ3n) is 3.05. The van der Waals surface area contributed by atoms with Crippen molar-refractivity contribution in [3.8, 4) is 11.1 Å². The van der Waals surface area contributed by atoms with Gasteiger partial charge in [0.25, 0.3) is 0 Å². The molecule has 21 heavy (non-hydrogen) atoms. The van der Waals surface area contributed by atoms with E-state index in [4.69, 9.17) is 23.2 Å². The second-order valence-electron chi connectivity index (χ2n) is 4.64. The molecule has 0 bridgehead atoms. The molecule has 0 radical (unpaired) electrons. The summed E-state index contributed by atoms with van der Waals surface area (Å²) in [5, 5.41) is 1.36.